The summed E-state index contributed by atoms with van der Waals surface area (Å²) in [7, 11) is 0. The molecule has 0 aromatic heterocycles. The van der Waals surface area contributed by atoms with Gasteiger partial charge < -0.3 is 10.6 Å². The van der Waals surface area contributed by atoms with Gasteiger partial charge in [-0.15, -0.1) is 0 Å². The molecule has 1 heterocycles. The number of carbonyl (C=O) groups excluding carboxylic acids is 4. The highest BCUT2D eigenvalue weighted by molar-refractivity contribution is 6.31. The van der Waals surface area contributed by atoms with Crippen LogP contribution in [0.5, 0.6) is 0 Å². The molecule has 2 aromatic carbocycles. The van der Waals surface area contributed by atoms with Crippen molar-refractivity contribution in [2.24, 2.45) is 5.92 Å². The summed E-state index contributed by atoms with van der Waals surface area (Å²) in [6, 6.07) is 12.0. The third kappa shape index (κ3) is 4.33. The quantitative estimate of drug-likeness (QED) is 0.612. The molecule has 154 valence electrons. The van der Waals surface area contributed by atoms with Crippen LogP contribution in [0.4, 0.5) is 21.9 Å². The fourth-order valence-electron chi connectivity index (χ4n) is 2.90. The summed E-state index contributed by atoms with van der Waals surface area (Å²) in [5.74, 6) is -3.09. The number of nitrogens with one attached hydrogen (secondary N) is 3. The Kier molecular flexibility index (Phi) is 6.17. The molecule has 2 aromatic rings. The first-order valence-corrected chi connectivity index (χ1v) is 9.48. The number of benzene rings is 2. The van der Waals surface area contributed by atoms with E-state index in [1.807, 2.05) is 0 Å². The van der Waals surface area contributed by atoms with E-state index < -0.39 is 23.8 Å². The Morgan fingerprint density at radius 2 is 1.67 bits per heavy atom. The molecule has 1 fully saturated rings. The van der Waals surface area contributed by atoms with Crippen molar-refractivity contribution in [3.63, 3.8) is 0 Å². The number of anilines is 3. The fraction of sp³-hybridized carbons (Fsp3) is 0.143. The minimum Gasteiger partial charge on any atom is -0.357 e. The fourth-order valence-corrected chi connectivity index (χ4v) is 3.03. The monoisotopic (exact) mass is 426 g/mol. The van der Waals surface area contributed by atoms with Crippen molar-refractivity contribution >= 4 is 52.4 Å². The summed E-state index contributed by atoms with van der Waals surface area (Å²) in [5, 5.41) is 8.26. The van der Waals surface area contributed by atoms with E-state index in [9.17, 15) is 19.2 Å². The number of imide groups is 2. The van der Waals surface area contributed by atoms with E-state index in [2.05, 4.69) is 22.5 Å². The molecule has 8 nitrogen and oxygen atoms in total. The number of halogens is 1. The minimum absolute atomic E-state index is 0.0576. The van der Waals surface area contributed by atoms with E-state index in [0.717, 1.165) is 4.90 Å². The van der Waals surface area contributed by atoms with Gasteiger partial charge in [0.2, 0.25) is 11.8 Å². The molecule has 30 heavy (non-hydrogen) atoms. The molecule has 0 unspecified atom stereocenters. The van der Waals surface area contributed by atoms with Crippen LogP contribution in [0.15, 0.2) is 60.8 Å². The van der Waals surface area contributed by atoms with E-state index in [1.165, 1.54) is 24.3 Å². The lowest BCUT2D eigenvalue weighted by Crippen LogP contribution is -2.59. The summed E-state index contributed by atoms with van der Waals surface area (Å²) in [6.45, 7) is 5.54. The van der Waals surface area contributed by atoms with Gasteiger partial charge in [-0.3, -0.25) is 19.7 Å². The number of urea groups is 1. The number of hydrogen-bond acceptors (Lipinski definition) is 5. The molecule has 1 atom stereocenters. The van der Waals surface area contributed by atoms with Gasteiger partial charge >= 0.3 is 6.03 Å². The summed E-state index contributed by atoms with van der Waals surface area (Å²) in [5.41, 5.74) is 1.25. The highest BCUT2D eigenvalue weighted by atomic mass is 35.5. The number of barbiturate groups is 1. The number of carbonyl (C=O) groups is 4. The summed E-state index contributed by atoms with van der Waals surface area (Å²) >= 11 is 5.87. The lowest BCUT2D eigenvalue weighted by Gasteiger charge is -2.31. The van der Waals surface area contributed by atoms with E-state index >= 15 is 0 Å². The largest absolute Gasteiger partial charge is 0.357 e. The van der Waals surface area contributed by atoms with E-state index in [0.29, 0.717) is 16.4 Å². The van der Waals surface area contributed by atoms with Crippen LogP contribution in [0.1, 0.15) is 13.3 Å². The molecule has 1 saturated heterocycles. The van der Waals surface area contributed by atoms with Crippen LogP contribution in [-0.4, -0.2) is 23.8 Å². The molecule has 5 amide bonds. The highest BCUT2D eigenvalue weighted by Crippen LogP contribution is 2.28. The maximum atomic E-state index is 13.0. The third-order valence-corrected chi connectivity index (χ3v) is 4.67. The highest BCUT2D eigenvalue weighted by Gasteiger charge is 2.43. The number of nitrogens with zero attached hydrogens (tertiary/aromatic N) is 1. The second-order valence-electron chi connectivity index (χ2n) is 6.48. The zero-order valence-corrected chi connectivity index (χ0v) is 16.8. The van der Waals surface area contributed by atoms with E-state index in [1.54, 1.807) is 31.2 Å². The molecule has 0 spiro atoms. The maximum absolute atomic E-state index is 13.0. The average Bonchev–Trinajstić information content (AvgIpc) is 2.70. The molecule has 0 bridgehead atoms. The first kappa shape index (κ1) is 21.1. The van der Waals surface area contributed by atoms with Crippen LogP contribution in [0.3, 0.4) is 0 Å². The van der Waals surface area contributed by atoms with Crippen molar-refractivity contribution in [3.05, 3.63) is 65.8 Å². The third-order valence-electron chi connectivity index (χ3n) is 4.41. The Balaban J connectivity index is 1.86. The van der Waals surface area contributed by atoms with Gasteiger partial charge in [-0.25, -0.2) is 9.69 Å². The molecule has 9 heteroatoms. The second-order valence-corrected chi connectivity index (χ2v) is 6.91. The zero-order chi connectivity index (χ0) is 21.8. The first-order valence-electron chi connectivity index (χ1n) is 9.11. The normalized spacial score (nSPS) is 16.1. The van der Waals surface area contributed by atoms with Gasteiger partial charge in [-0.05, 0) is 36.4 Å². The SMILES string of the molecule is C=C(Nc1ccccc1NC(=O)CC)[C@H]1C(=O)NC(=O)N(c2ccc(Cl)cc2)C1=O. The second kappa shape index (κ2) is 8.79. The summed E-state index contributed by atoms with van der Waals surface area (Å²) < 4.78 is 0. The Bertz CT molecular complexity index is 1040. The maximum Gasteiger partial charge on any atom is 0.335 e. The molecule has 3 N–H and O–H groups in total. The van der Waals surface area contributed by atoms with Crippen LogP contribution in [-0.2, 0) is 14.4 Å². The Labute approximate surface area is 177 Å². The van der Waals surface area contributed by atoms with Crippen LogP contribution in [0.2, 0.25) is 5.02 Å². The van der Waals surface area contributed by atoms with Gasteiger partial charge in [-0.2, -0.15) is 0 Å². The van der Waals surface area contributed by atoms with Crippen molar-refractivity contribution < 1.29 is 19.2 Å². The van der Waals surface area contributed by atoms with E-state index in [4.69, 9.17) is 11.6 Å². The molecular formula is C21H19ClN4O4. The van der Waals surface area contributed by atoms with Gasteiger partial charge in [0.25, 0.3) is 5.91 Å². The van der Waals surface area contributed by atoms with Crippen LogP contribution in [0, 0.1) is 5.92 Å². The Morgan fingerprint density at radius 1 is 1.07 bits per heavy atom. The van der Waals surface area contributed by atoms with Gasteiger partial charge in [0.15, 0.2) is 5.92 Å². The topological polar surface area (TPSA) is 108 Å². The molecule has 3 rings (SSSR count). The number of para-hydroxylation sites is 2. The smallest absolute Gasteiger partial charge is 0.335 e. The van der Waals surface area contributed by atoms with Gasteiger partial charge in [-0.1, -0.05) is 37.2 Å². The van der Waals surface area contributed by atoms with Gasteiger partial charge in [0, 0.05) is 17.1 Å². The number of amides is 5. The summed E-state index contributed by atoms with van der Waals surface area (Å²) in [4.78, 5) is 50.3. The van der Waals surface area contributed by atoms with Crippen molar-refractivity contribution in [3.8, 4) is 0 Å². The lowest BCUT2D eigenvalue weighted by atomic mass is 10.0. The molecule has 0 saturated carbocycles. The lowest BCUT2D eigenvalue weighted by molar-refractivity contribution is -0.132. The minimum atomic E-state index is -1.35. The predicted octanol–water partition coefficient (Wildman–Crippen LogP) is 3.51. The van der Waals surface area contributed by atoms with Crippen LogP contribution < -0.4 is 20.9 Å². The zero-order valence-electron chi connectivity index (χ0n) is 16.1. The average molecular weight is 427 g/mol. The van der Waals surface area contributed by atoms with Gasteiger partial charge in [0.1, 0.15) is 0 Å². The predicted molar refractivity (Wildman–Crippen MR) is 114 cm³/mol. The molecule has 0 radical (unpaired) electrons. The van der Waals surface area contributed by atoms with Crippen molar-refractivity contribution in [2.75, 3.05) is 15.5 Å². The number of hydrogen-bond donors (Lipinski definition) is 3. The van der Waals surface area contributed by atoms with Crippen molar-refractivity contribution in [2.45, 2.75) is 13.3 Å². The van der Waals surface area contributed by atoms with Crippen LogP contribution in [0.25, 0.3) is 0 Å². The van der Waals surface area contributed by atoms with Crippen LogP contribution >= 0.6 is 11.6 Å². The van der Waals surface area contributed by atoms with E-state index in [-0.39, 0.29) is 23.7 Å². The van der Waals surface area contributed by atoms with Crippen molar-refractivity contribution in [1.82, 2.24) is 5.32 Å². The molecular weight excluding hydrogens is 408 g/mol. The Hall–Kier alpha value is -3.65. The molecule has 0 aliphatic carbocycles. The molecule has 1 aliphatic rings. The first-order chi connectivity index (χ1) is 14.3. The number of rotatable bonds is 6. The molecule has 1 aliphatic heterocycles. The van der Waals surface area contributed by atoms with Crippen molar-refractivity contribution in [1.29, 1.82) is 0 Å². The standard InChI is InChI=1S/C21H19ClN4O4/c1-3-17(27)24-16-7-5-4-6-15(16)23-12(2)18-19(28)25-21(30)26(20(18)29)14-10-8-13(22)9-11-14/h4-11,18,23H,2-3H2,1H3,(H,24,27)(H,25,28,30)/t18-/m0/s1. The summed E-state index contributed by atoms with van der Waals surface area (Å²) in [6.07, 6.45) is 0.289. The Morgan fingerprint density at radius 3 is 2.27 bits per heavy atom. The van der Waals surface area contributed by atoms with Gasteiger partial charge in [0.05, 0.1) is 17.1 Å².